The highest BCUT2D eigenvalue weighted by Gasteiger charge is 2.27. The maximum atomic E-state index is 12.8. The number of nitrogens with one attached hydrogen (secondary N) is 1. The number of unbranched alkanes of at least 4 members (excludes halogenated alkanes) is 1. The molecule has 1 unspecified atom stereocenters. The first-order valence-electron chi connectivity index (χ1n) is 8.56. The summed E-state index contributed by atoms with van der Waals surface area (Å²) in [4.78, 5) is 29.7. The maximum Gasteiger partial charge on any atom is 0.262 e. The molecule has 1 atom stereocenters. The van der Waals surface area contributed by atoms with Gasteiger partial charge in [-0.2, -0.15) is 0 Å². The van der Waals surface area contributed by atoms with Crippen LogP contribution in [0.5, 0.6) is 0 Å². The van der Waals surface area contributed by atoms with Crippen molar-refractivity contribution in [3.05, 3.63) is 34.6 Å². The molecule has 24 heavy (non-hydrogen) atoms. The molecule has 1 aliphatic rings. The van der Waals surface area contributed by atoms with Gasteiger partial charge in [-0.1, -0.05) is 37.2 Å². The summed E-state index contributed by atoms with van der Waals surface area (Å²) in [6.45, 7) is 4.60. The molecule has 1 amide bonds. The molecule has 0 bridgehead atoms. The van der Waals surface area contributed by atoms with Gasteiger partial charge in [0.2, 0.25) is 5.91 Å². The molecule has 1 heterocycles. The minimum atomic E-state index is -0.272. The van der Waals surface area contributed by atoms with Crippen LogP contribution in [0.1, 0.15) is 39.5 Å². The number of nitrogens with zero attached hydrogens (tertiary/aromatic N) is 2. The maximum absolute atomic E-state index is 12.8. The van der Waals surface area contributed by atoms with Crippen LogP contribution in [-0.4, -0.2) is 26.8 Å². The molecule has 1 aliphatic carbocycles. The number of aromatic nitrogens is 2. The largest absolute Gasteiger partial charge is 0.352 e. The van der Waals surface area contributed by atoms with Gasteiger partial charge in [-0.25, -0.2) is 4.98 Å². The van der Waals surface area contributed by atoms with E-state index < -0.39 is 0 Å². The Balaban J connectivity index is 1.91. The van der Waals surface area contributed by atoms with E-state index in [4.69, 9.17) is 0 Å². The molecule has 6 heteroatoms. The van der Waals surface area contributed by atoms with Crippen molar-refractivity contribution in [3.63, 3.8) is 0 Å². The molecule has 1 aromatic heterocycles. The Morgan fingerprint density at radius 3 is 2.88 bits per heavy atom. The number of thioether (sulfide) groups is 1. The van der Waals surface area contributed by atoms with Gasteiger partial charge in [0.1, 0.15) is 0 Å². The Bertz CT molecular complexity index is 798. The molecule has 0 aliphatic heterocycles. The van der Waals surface area contributed by atoms with Gasteiger partial charge in [0, 0.05) is 12.6 Å². The Kier molecular flexibility index (Phi) is 5.23. The fraction of sp³-hybridized carbons (Fsp3) is 0.500. The van der Waals surface area contributed by atoms with Crippen LogP contribution in [-0.2, 0) is 11.3 Å². The summed E-state index contributed by atoms with van der Waals surface area (Å²) in [7, 11) is 0. The predicted molar refractivity (Wildman–Crippen MR) is 97.4 cm³/mol. The van der Waals surface area contributed by atoms with Crippen molar-refractivity contribution in [2.75, 3.05) is 0 Å². The number of para-hydroxylation sites is 1. The first kappa shape index (κ1) is 17.0. The number of carbonyl (C=O) groups excluding carboxylic acids is 1. The summed E-state index contributed by atoms with van der Waals surface area (Å²) >= 11 is 1.37. The standard InChI is InChI=1S/C18H23N3O2S/c1-3-4-11-21-17(23)14-7-5-6-8-15(14)20-18(21)24-12(2)16(22)19-13-9-10-13/h5-8,12-13H,3-4,9-11H2,1-2H3,(H,19,22). The lowest BCUT2D eigenvalue weighted by Gasteiger charge is -2.16. The van der Waals surface area contributed by atoms with Crippen molar-refractivity contribution < 1.29 is 4.79 Å². The SMILES string of the molecule is CCCCn1c(SC(C)C(=O)NC2CC2)nc2ccccc2c1=O. The van der Waals surface area contributed by atoms with Crippen LogP contribution in [0.25, 0.3) is 10.9 Å². The zero-order chi connectivity index (χ0) is 17.1. The van der Waals surface area contributed by atoms with Crippen LogP contribution in [0.2, 0.25) is 0 Å². The van der Waals surface area contributed by atoms with Gasteiger partial charge in [0.05, 0.1) is 16.2 Å². The Hall–Kier alpha value is -1.82. The second kappa shape index (κ2) is 7.38. The summed E-state index contributed by atoms with van der Waals surface area (Å²) in [6.07, 6.45) is 4.05. The first-order valence-corrected chi connectivity index (χ1v) is 9.44. The highest BCUT2D eigenvalue weighted by atomic mass is 32.2. The van der Waals surface area contributed by atoms with Crippen molar-refractivity contribution in [3.8, 4) is 0 Å². The summed E-state index contributed by atoms with van der Waals surface area (Å²) in [5.41, 5.74) is 0.666. The van der Waals surface area contributed by atoms with Crippen molar-refractivity contribution >= 4 is 28.6 Å². The molecule has 1 saturated carbocycles. The van der Waals surface area contributed by atoms with E-state index in [9.17, 15) is 9.59 Å². The first-order chi connectivity index (χ1) is 11.6. The lowest BCUT2D eigenvalue weighted by Crippen LogP contribution is -2.33. The van der Waals surface area contributed by atoms with E-state index >= 15 is 0 Å². The molecule has 1 aromatic carbocycles. The number of amides is 1. The molecule has 1 fully saturated rings. The predicted octanol–water partition coefficient (Wildman–Crippen LogP) is 2.96. The van der Waals surface area contributed by atoms with E-state index in [1.54, 1.807) is 4.57 Å². The average molecular weight is 345 g/mol. The van der Waals surface area contributed by atoms with Crippen LogP contribution >= 0.6 is 11.8 Å². The van der Waals surface area contributed by atoms with Crippen molar-refractivity contribution in [1.82, 2.24) is 14.9 Å². The van der Waals surface area contributed by atoms with Gasteiger partial charge in [-0.3, -0.25) is 14.2 Å². The van der Waals surface area contributed by atoms with Gasteiger partial charge in [-0.15, -0.1) is 0 Å². The number of fused-ring (bicyclic) bond motifs is 1. The quantitative estimate of drug-likeness (QED) is 0.619. The molecule has 128 valence electrons. The summed E-state index contributed by atoms with van der Waals surface area (Å²) < 4.78 is 1.72. The van der Waals surface area contributed by atoms with Crippen molar-refractivity contribution in [2.45, 2.75) is 62.5 Å². The van der Waals surface area contributed by atoms with Gasteiger partial charge < -0.3 is 5.32 Å². The van der Waals surface area contributed by atoms with E-state index in [2.05, 4.69) is 17.2 Å². The van der Waals surface area contributed by atoms with E-state index in [-0.39, 0.29) is 16.7 Å². The highest BCUT2D eigenvalue weighted by Crippen LogP contribution is 2.25. The Morgan fingerprint density at radius 2 is 2.17 bits per heavy atom. The lowest BCUT2D eigenvalue weighted by molar-refractivity contribution is -0.120. The molecule has 0 saturated heterocycles. The average Bonchev–Trinajstić information content (AvgIpc) is 3.38. The fourth-order valence-corrected chi connectivity index (χ4v) is 3.45. The molecule has 3 rings (SSSR count). The molecule has 0 radical (unpaired) electrons. The topological polar surface area (TPSA) is 64.0 Å². The highest BCUT2D eigenvalue weighted by molar-refractivity contribution is 8.00. The summed E-state index contributed by atoms with van der Waals surface area (Å²) in [5, 5.41) is 4.00. The van der Waals surface area contributed by atoms with Crippen LogP contribution in [0.4, 0.5) is 0 Å². The number of rotatable bonds is 7. The zero-order valence-corrected chi connectivity index (χ0v) is 14.9. The van der Waals surface area contributed by atoms with Gasteiger partial charge >= 0.3 is 0 Å². The second-order valence-corrected chi connectivity index (χ2v) is 7.57. The van der Waals surface area contributed by atoms with Crippen LogP contribution in [0, 0.1) is 0 Å². The van der Waals surface area contributed by atoms with Crippen LogP contribution < -0.4 is 10.9 Å². The number of hydrogen-bond donors (Lipinski definition) is 1. The van der Waals surface area contributed by atoms with E-state index in [1.165, 1.54) is 11.8 Å². The third kappa shape index (κ3) is 3.80. The Labute approximate surface area is 145 Å². The fourth-order valence-electron chi connectivity index (χ4n) is 2.51. The minimum absolute atomic E-state index is 0.0203. The number of carbonyl (C=O) groups is 1. The van der Waals surface area contributed by atoms with E-state index in [1.807, 2.05) is 31.2 Å². The second-order valence-electron chi connectivity index (χ2n) is 6.26. The summed E-state index contributed by atoms with van der Waals surface area (Å²) in [5.74, 6) is 0.0203. The number of hydrogen-bond acceptors (Lipinski definition) is 4. The van der Waals surface area contributed by atoms with Crippen LogP contribution in [0.15, 0.2) is 34.2 Å². The van der Waals surface area contributed by atoms with E-state index in [0.717, 1.165) is 25.7 Å². The van der Waals surface area contributed by atoms with E-state index in [0.29, 0.717) is 28.6 Å². The van der Waals surface area contributed by atoms with Gasteiger partial charge in [-0.05, 0) is 38.3 Å². The monoisotopic (exact) mass is 345 g/mol. The number of benzene rings is 1. The van der Waals surface area contributed by atoms with Crippen molar-refractivity contribution in [1.29, 1.82) is 0 Å². The van der Waals surface area contributed by atoms with Gasteiger partial charge in [0.15, 0.2) is 5.16 Å². The molecular weight excluding hydrogens is 322 g/mol. The molecule has 1 N–H and O–H groups in total. The minimum Gasteiger partial charge on any atom is -0.352 e. The molecular formula is C18H23N3O2S. The summed E-state index contributed by atoms with van der Waals surface area (Å²) in [6, 6.07) is 7.73. The lowest BCUT2D eigenvalue weighted by atomic mass is 10.2. The molecule has 5 nitrogen and oxygen atoms in total. The zero-order valence-electron chi connectivity index (χ0n) is 14.1. The molecule has 0 spiro atoms. The smallest absolute Gasteiger partial charge is 0.262 e. The normalized spacial score (nSPS) is 15.4. The Morgan fingerprint density at radius 1 is 1.42 bits per heavy atom. The third-order valence-electron chi connectivity index (χ3n) is 4.14. The third-order valence-corrected chi connectivity index (χ3v) is 5.23. The van der Waals surface area contributed by atoms with Gasteiger partial charge in [0.25, 0.3) is 5.56 Å². The van der Waals surface area contributed by atoms with Crippen molar-refractivity contribution in [2.24, 2.45) is 0 Å². The molecule has 2 aromatic rings. The van der Waals surface area contributed by atoms with Crippen LogP contribution in [0.3, 0.4) is 0 Å².